The molecule has 26 heavy (non-hydrogen) atoms. The smallest absolute Gasteiger partial charge is 0.407 e. The van der Waals surface area contributed by atoms with E-state index in [0.717, 1.165) is 5.56 Å². The van der Waals surface area contributed by atoms with Gasteiger partial charge < -0.3 is 14.8 Å². The van der Waals surface area contributed by atoms with Gasteiger partial charge in [-0.25, -0.2) is 9.59 Å². The summed E-state index contributed by atoms with van der Waals surface area (Å²) < 4.78 is 9.76. The highest BCUT2D eigenvalue weighted by molar-refractivity contribution is 6.33. The highest BCUT2D eigenvalue weighted by Crippen LogP contribution is 2.18. The number of esters is 1. The first-order valence-corrected chi connectivity index (χ1v) is 8.29. The van der Waals surface area contributed by atoms with E-state index in [4.69, 9.17) is 16.3 Å². The van der Waals surface area contributed by atoms with E-state index in [1.54, 1.807) is 18.2 Å². The highest BCUT2D eigenvalue weighted by Gasteiger charge is 2.10. The molecule has 0 aliphatic heterocycles. The van der Waals surface area contributed by atoms with E-state index in [1.807, 2.05) is 30.3 Å². The van der Waals surface area contributed by atoms with Crippen LogP contribution in [0.4, 0.5) is 4.79 Å². The first-order chi connectivity index (χ1) is 12.6. The molecule has 0 unspecified atom stereocenters. The van der Waals surface area contributed by atoms with Crippen molar-refractivity contribution < 1.29 is 19.1 Å². The summed E-state index contributed by atoms with van der Waals surface area (Å²) in [7, 11) is 1.29. The third kappa shape index (κ3) is 6.15. The Morgan fingerprint density at radius 2 is 1.92 bits per heavy atom. The summed E-state index contributed by atoms with van der Waals surface area (Å²) in [5, 5.41) is 2.94. The Kier molecular flexibility index (Phi) is 7.53. The Hall–Kier alpha value is -2.97. The topological polar surface area (TPSA) is 64.6 Å². The maximum Gasteiger partial charge on any atom is 0.407 e. The monoisotopic (exact) mass is 371 g/mol. The molecule has 0 heterocycles. The lowest BCUT2D eigenvalue weighted by molar-refractivity contribution is 0.0601. The molecule has 0 aromatic heterocycles. The lowest BCUT2D eigenvalue weighted by Crippen LogP contribution is -2.24. The summed E-state index contributed by atoms with van der Waals surface area (Å²) in [4.78, 5) is 23.2. The Morgan fingerprint density at radius 3 is 2.65 bits per heavy atom. The zero-order valence-corrected chi connectivity index (χ0v) is 15.0. The van der Waals surface area contributed by atoms with Crippen LogP contribution >= 0.6 is 11.6 Å². The van der Waals surface area contributed by atoms with Crippen molar-refractivity contribution >= 4 is 23.7 Å². The number of benzene rings is 2. The molecule has 2 aromatic carbocycles. The minimum absolute atomic E-state index is 0.222. The maximum atomic E-state index is 11.6. The minimum Gasteiger partial charge on any atom is -0.465 e. The van der Waals surface area contributed by atoms with E-state index < -0.39 is 12.1 Å². The number of carbonyl (C=O) groups excluding carboxylic acids is 2. The quantitative estimate of drug-likeness (QED) is 0.493. The van der Waals surface area contributed by atoms with Crippen molar-refractivity contribution in [3.05, 3.63) is 70.2 Å². The third-order valence-corrected chi connectivity index (χ3v) is 3.67. The molecule has 0 saturated carbocycles. The summed E-state index contributed by atoms with van der Waals surface area (Å²) in [6.07, 6.45) is -0.0495. The van der Waals surface area contributed by atoms with E-state index in [9.17, 15) is 9.59 Å². The fourth-order valence-electron chi connectivity index (χ4n) is 2.04. The number of rotatable bonds is 5. The maximum absolute atomic E-state index is 11.6. The molecule has 134 valence electrons. The molecule has 5 nitrogen and oxygen atoms in total. The molecular weight excluding hydrogens is 354 g/mol. The van der Waals surface area contributed by atoms with Gasteiger partial charge in [0.25, 0.3) is 0 Å². The third-order valence-electron chi connectivity index (χ3n) is 3.34. The largest absolute Gasteiger partial charge is 0.465 e. The van der Waals surface area contributed by atoms with Crippen molar-refractivity contribution in [2.75, 3.05) is 13.7 Å². The second-order valence-electron chi connectivity index (χ2n) is 5.23. The standard InChI is InChI=1S/C20H18ClNO4/c1-25-19(23)17-13-15(10-11-18(17)21)7-5-6-12-22-20(24)26-14-16-8-3-2-4-9-16/h2-4,8-11,13H,6,12,14H2,1H3,(H,22,24). The Bertz CT molecular complexity index is 825. The van der Waals surface area contributed by atoms with Crippen LogP contribution in [0.1, 0.15) is 27.9 Å². The number of ether oxygens (including phenoxy) is 2. The minimum atomic E-state index is -0.513. The summed E-state index contributed by atoms with van der Waals surface area (Å²) in [6.45, 7) is 0.581. The van der Waals surface area contributed by atoms with Crippen molar-refractivity contribution in [1.29, 1.82) is 0 Å². The number of methoxy groups -OCH3 is 1. The second-order valence-corrected chi connectivity index (χ2v) is 5.63. The summed E-state index contributed by atoms with van der Waals surface area (Å²) in [5.74, 6) is 5.32. The lowest BCUT2D eigenvalue weighted by atomic mass is 10.1. The van der Waals surface area contributed by atoms with Crippen molar-refractivity contribution in [3.8, 4) is 11.8 Å². The first-order valence-electron chi connectivity index (χ1n) is 7.91. The summed E-state index contributed by atoms with van der Waals surface area (Å²) in [6, 6.07) is 14.3. The van der Waals surface area contributed by atoms with E-state index in [1.165, 1.54) is 7.11 Å². The number of hydrogen-bond donors (Lipinski definition) is 1. The van der Waals surface area contributed by atoms with Crippen LogP contribution in [-0.2, 0) is 16.1 Å². The molecule has 0 aliphatic carbocycles. The fraction of sp³-hybridized carbons (Fsp3) is 0.200. The van der Waals surface area contributed by atoms with Crippen LogP contribution < -0.4 is 5.32 Å². The average Bonchev–Trinajstić information content (AvgIpc) is 2.67. The van der Waals surface area contributed by atoms with Crippen LogP contribution in [0.25, 0.3) is 0 Å². The zero-order chi connectivity index (χ0) is 18.8. The second kappa shape index (κ2) is 10.1. The number of hydrogen-bond acceptors (Lipinski definition) is 4. The van der Waals surface area contributed by atoms with Crippen LogP contribution in [0, 0.1) is 11.8 Å². The Balaban J connectivity index is 1.76. The lowest BCUT2D eigenvalue weighted by Gasteiger charge is -2.05. The summed E-state index contributed by atoms with van der Waals surface area (Å²) >= 11 is 5.95. The van der Waals surface area contributed by atoms with Gasteiger partial charge >= 0.3 is 12.1 Å². The molecule has 0 aliphatic rings. The number of halogens is 1. The van der Waals surface area contributed by atoms with Gasteiger partial charge in [0.2, 0.25) is 0 Å². The van der Waals surface area contributed by atoms with E-state index in [0.29, 0.717) is 23.6 Å². The molecule has 1 N–H and O–H groups in total. The SMILES string of the molecule is COC(=O)c1cc(C#CCCNC(=O)OCc2ccccc2)ccc1Cl. The molecule has 0 saturated heterocycles. The van der Waals surface area contributed by atoms with Crippen molar-refractivity contribution in [3.63, 3.8) is 0 Å². The predicted molar refractivity (Wildman–Crippen MR) is 98.9 cm³/mol. The van der Waals surface area contributed by atoms with Gasteiger partial charge in [-0.1, -0.05) is 53.8 Å². The molecular formula is C20H18ClNO4. The van der Waals surface area contributed by atoms with Gasteiger partial charge in [-0.3, -0.25) is 0 Å². The number of amides is 1. The average molecular weight is 372 g/mol. The number of alkyl carbamates (subject to hydrolysis) is 1. The van der Waals surface area contributed by atoms with Gasteiger partial charge in [-0.15, -0.1) is 0 Å². The molecule has 0 spiro atoms. The van der Waals surface area contributed by atoms with Crippen molar-refractivity contribution in [2.45, 2.75) is 13.0 Å². The van der Waals surface area contributed by atoms with E-state index >= 15 is 0 Å². The molecule has 0 atom stereocenters. The molecule has 2 aromatic rings. The number of nitrogens with one attached hydrogen (secondary N) is 1. The van der Waals surface area contributed by atoms with Crippen LogP contribution in [0.3, 0.4) is 0 Å². The number of carbonyl (C=O) groups is 2. The van der Waals surface area contributed by atoms with Gasteiger partial charge in [-0.05, 0) is 23.8 Å². The normalized spacial score (nSPS) is 9.62. The zero-order valence-electron chi connectivity index (χ0n) is 14.3. The summed E-state index contributed by atoms with van der Waals surface area (Å²) in [5.41, 5.74) is 1.83. The molecule has 0 radical (unpaired) electrons. The van der Waals surface area contributed by atoms with E-state index in [-0.39, 0.29) is 12.2 Å². The molecule has 1 amide bonds. The van der Waals surface area contributed by atoms with Crippen LogP contribution in [0.5, 0.6) is 0 Å². The van der Waals surface area contributed by atoms with Gasteiger partial charge in [0, 0.05) is 18.5 Å². The van der Waals surface area contributed by atoms with Crippen molar-refractivity contribution in [1.82, 2.24) is 5.32 Å². The van der Waals surface area contributed by atoms with Gasteiger partial charge in [0.15, 0.2) is 0 Å². The highest BCUT2D eigenvalue weighted by atomic mass is 35.5. The predicted octanol–water partition coefficient (Wildman–Crippen LogP) is 3.79. The van der Waals surface area contributed by atoms with Crippen LogP contribution in [0.15, 0.2) is 48.5 Å². The fourth-order valence-corrected chi connectivity index (χ4v) is 2.23. The molecule has 0 bridgehead atoms. The van der Waals surface area contributed by atoms with Crippen LogP contribution in [0.2, 0.25) is 5.02 Å². The van der Waals surface area contributed by atoms with Gasteiger partial charge in [-0.2, -0.15) is 0 Å². The van der Waals surface area contributed by atoms with Crippen LogP contribution in [-0.4, -0.2) is 25.7 Å². The molecule has 0 fully saturated rings. The Morgan fingerprint density at radius 1 is 1.15 bits per heavy atom. The van der Waals surface area contributed by atoms with Crippen molar-refractivity contribution in [2.24, 2.45) is 0 Å². The Labute approximate surface area is 157 Å². The van der Waals surface area contributed by atoms with Gasteiger partial charge in [0.1, 0.15) is 6.61 Å². The first kappa shape index (κ1) is 19.4. The van der Waals surface area contributed by atoms with E-state index in [2.05, 4.69) is 21.9 Å². The van der Waals surface area contributed by atoms with Gasteiger partial charge in [0.05, 0.1) is 17.7 Å². The molecule has 2 rings (SSSR count). The molecule has 6 heteroatoms.